The van der Waals surface area contributed by atoms with Gasteiger partial charge in [0.2, 0.25) is 0 Å². The van der Waals surface area contributed by atoms with Crippen LogP contribution in [0.4, 0.5) is 0 Å². The van der Waals surface area contributed by atoms with Crippen LogP contribution in [0.1, 0.15) is 18.9 Å². The summed E-state index contributed by atoms with van der Waals surface area (Å²) < 4.78 is 12.3. The minimum absolute atomic E-state index is 0.634. The third-order valence-corrected chi connectivity index (χ3v) is 3.09. The molecule has 0 aliphatic rings. The van der Waals surface area contributed by atoms with Crippen LogP contribution in [0.5, 0.6) is 11.5 Å². The fourth-order valence-corrected chi connectivity index (χ4v) is 2.43. The quantitative estimate of drug-likeness (QED) is 0.816. The highest BCUT2D eigenvalue weighted by Crippen LogP contribution is 2.34. The maximum Gasteiger partial charge on any atom is 0.163 e. The lowest BCUT2D eigenvalue weighted by Crippen LogP contribution is -1.98. The van der Waals surface area contributed by atoms with Gasteiger partial charge in [-0.1, -0.05) is 0 Å². The Balaban J connectivity index is 2.51. The van der Waals surface area contributed by atoms with Gasteiger partial charge in [0.1, 0.15) is 0 Å². The second-order valence-electron chi connectivity index (χ2n) is 3.37. The molecule has 1 aromatic carbocycles. The summed E-state index contributed by atoms with van der Waals surface area (Å²) in [5.41, 5.74) is 0.981. The largest absolute Gasteiger partial charge is 0.490 e. The maximum absolute atomic E-state index is 5.56. The molecule has 1 aromatic heterocycles. The van der Waals surface area contributed by atoms with Crippen molar-refractivity contribution in [3.8, 4) is 11.5 Å². The first-order valence-electron chi connectivity index (χ1n) is 5.41. The van der Waals surface area contributed by atoms with Gasteiger partial charge in [0.05, 0.1) is 28.4 Å². The maximum atomic E-state index is 5.56. The molecule has 2 aromatic rings. The molecule has 0 aliphatic heterocycles. The van der Waals surface area contributed by atoms with Crippen molar-refractivity contribution in [3.05, 3.63) is 17.1 Å². The van der Waals surface area contributed by atoms with E-state index in [9.17, 15) is 0 Å². The lowest BCUT2D eigenvalue weighted by Gasteiger charge is -2.10. The van der Waals surface area contributed by atoms with Gasteiger partial charge in [0.25, 0.3) is 0 Å². The highest BCUT2D eigenvalue weighted by Gasteiger charge is 2.09. The standard InChI is InChI=1S/C12H15NO2S/c1-4-14-10-6-9-12(16-8(3)13-9)7-11(10)15-5-2/h6-7H,4-5H2,1-3H3. The molecule has 0 spiro atoms. The van der Waals surface area contributed by atoms with Gasteiger partial charge in [-0.15, -0.1) is 11.3 Å². The van der Waals surface area contributed by atoms with Gasteiger partial charge in [-0.25, -0.2) is 4.98 Å². The summed E-state index contributed by atoms with van der Waals surface area (Å²) >= 11 is 1.67. The van der Waals surface area contributed by atoms with E-state index >= 15 is 0 Å². The monoisotopic (exact) mass is 237 g/mol. The van der Waals surface area contributed by atoms with Crippen molar-refractivity contribution in [2.24, 2.45) is 0 Å². The Kier molecular flexibility index (Phi) is 3.29. The van der Waals surface area contributed by atoms with Crippen LogP contribution >= 0.6 is 11.3 Å². The molecular formula is C12H15NO2S. The minimum Gasteiger partial charge on any atom is -0.490 e. The zero-order chi connectivity index (χ0) is 11.5. The summed E-state index contributed by atoms with van der Waals surface area (Å²) in [7, 11) is 0. The van der Waals surface area contributed by atoms with Crippen LogP contribution in [0, 0.1) is 6.92 Å². The molecule has 86 valence electrons. The number of hydrogen-bond donors (Lipinski definition) is 0. The second kappa shape index (κ2) is 4.70. The van der Waals surface area contributed by atoms with E-state index in [0.29, 0.717) is 13.2 Å². The number of aryl methyl sites for hydroxylation is 1. The van der Waals surface area contributed by atoms with Crippen molar-refractivity contribution in [2.45, 2.75) is 20.8 Å². The zero-order valence-corrected chi connectivity index (χ0v) is 10.6. The number of benzene rings is 1. The molecule has 0 bridgehead atoms. The highest BCUT2D eigenvalue weighted by atomic mass is 32.1. The molecular weight excluding hydrogens is 222 g/mol. The number of aromatic nitrogens is 1. The summed E-state index contributed by atoms with van der Waals surface area (Å²) in [5, 5.41) is 1.06. The Morgan fingerprint density at radius 1 is 1.12 bits per heavy atom. The van der Waals surface area contributed by atoms with E-state index < -0.39 is 0 Å². The minimum atomic E-state index is 0.634. The molecule has 0 atom stereocenters. The summed E-state index contributed by atoms with van der Waals surface area (Å²) in [6.45, 7) is 7.22. The first-order valence-corrected chi connectivity index (χ1v) is 6.23. The van der Waals surface area contributed by atoms with Gasteiger partial charge in [0, 0.05) is 12.1 Å². The van der Waals surface area contributed by atoms with Crippen molar-refractivity contribution >= 4 is 21.6 Å². The molecule has 0 N–H and O–H groups in total. The van der Waals surface area contributed by atoms with Crippen molar-refractivity contribution < 1.29 is 9.47 Å². The molecule has 0 saturated heterocycles. The van der Waals surface area contributed by atoms with Gasteiger partial charge in [-0.2, -0.15) is 0 Å². The van der Waals surface area contributed by atoms with Crippen LogP contribution in [-0.2, 0) is 0 Å². The van der Waals surface area contributed by atoms with Crippen LogP contribution in [-0.4, -0.2) is 18.2 Å². The topological polar surface area (TPSA) is 31.4 Å². The predicted octanol–water partition coefficient (Wildman–Crippen LogP) is 3.40. The molecule has 0 radical (unpaired) electrons. The predicted molar refractivity (Wildman–Crippen MR) is 66.7 cm³/mol. The third-order valence-electron chi connectivity index (χ3n) is 2.16. The lowest BCUT2D eigenvalue weighted by atomic mass is 10.3. The molecule has 16 heavy (non-hydrogen) atoms. The first-order chi connectivity index (χ1) is 7.74. The fraction of sp³-hybridized carbons (Fsp3) is 0.417. The summed E-state index contributed by atoms with van der Waals surface area (Å²) in [6.07, 6.45) is 0. The Morgan fingerprint density at radius 3 is 2.38 bits per heavy atom. The molecule has 0 unspecified atom stereocenters. The highest BCUT2D eigenvalue weighted by molar-refractivity contribution is 7.18. The molecule has 4 heteroatoms. The summed E-state index contributed by atoms with van der Waals surface area (Å²) in [5.74, 6) is 1.59. The van der Waals surface area contributed by atoms with Gasteiger partial charge in [-0.3, -0.25) is 0 Å². The number of hydrogen-bond acceptors (Lipinski definition) is 4. The first kappa shape index (κ1) is 11.2. The van der Waals surface area contributed by atoms with Gasteiger partial charge in [-0.05, 0) is 20.8 Å². The fourth-order valence-electron chi connectivity index (χ4n) is 1.59. The normalized spacial score (nSPS) is 10.7. The number of nitrogens with zero attached hydrogens (tertiary/aromatic N) is 1. The number of thiazole rings is 1. The molecule has 3 nitrogen and oxygen atoms in total. The van der Waals surface area contributed by atoms with E-state index in [4.69, 9.17) is 9.47 Å². The Morgan fingerprint density at radius 2 is 1.75 bits per heavy atom. The number of fused-ring (bicyclic) bond motifs is 1. The average molecular weight is 237 g/mol. The van der Waals surface area contributed by atoms with Crippen LogP contribution in [0.25, 0.3) is 10.2 Å². The zero-order valence-electron chi connectivity index (χ0n) is 9.74. The van der Waals surface area contributed by atoms with Crippen molar-refractivity contribution in [1.29, 1.82) is 0 Å². The molecule has 2 rings (SSSR count). The summed E-state index contributed by atoms with van der Waals surface area (Å²) in [4.78, 5) is 4.44. The van der Waals surface area contributed by atoms with E-state index in [1.807, 2.05) is 32.9 Å². The van der Waals surface area contributed by atoms with E-state index in [2.05, 4.69) is 4.98 Å². The average Bonchev–Trinajstić information content (AvgIpc) is 2.58. The van der Waals surface area contributed by atoms with E-state index in [0.717, 1.165) is 26.7 Å². The van der Waals surface area contributed by atoms with Crippen LogP contribution < -0.4 is 9.47 Å². The van der Waals surface area contributed by atoms with Crippen LogP contribution in [0.15, 0.2) is 12.1 Å². The second-order valence-corrected chi connectivity index (χ2v) is 4.60. The summed E-state index contributed by atoms with van der Waals surface area (Å²) in [6, 6.07) is 3.96. The van der Waals surface area contributed by atoms with Crippen molar-refractivity contribution in [2.75, 3.05) is 13.2 Å². The Hall–Kier alpha value is -1.29. The molecule has 0 aliphatic carbocycles. The van der Waals surface area contributed by atoms with Crippen molar-refractivity contribution in [3.63, 3.8) is 0 Å². The van der Waals surface area contributed by atoms with E-state index in [1.165, 1.54) is 0 Å². The molecule has 0 saturated carbocycles. The smallest absolute Gasteiger partial charge is 0.163 e. The van der Waals surface area contributed by atoms with Gasteiger partial charge < -0.3 is 9.47 Å². The molecule has 1 heterocycles. The van der Waals surface area contributed by atoms with Crippen LogP contribution in [0.2, 0.25) is 0 Å². The van der Waals surface area contributed by atoms with Gasteiger partial charge in [0.15, 0.2) is 11.5 Å². The van der Waals surface area contributed by atoms with Gasteiger partial charge >= 0.3 is 0 Å². The Bertz CT molecular complexity index is 450. The molecule has 0 fully saturated rings. The lowest BCUT2D eigenvalue weighted by molar-refractivity contribution is 0.288. The van der Waals surface area contributed by atoms with Crippen molar-refractivity contribution in [1.82, 2.24) is 4.98 Å². The molecule has 0 amide bonds. The van der Waals surface area contributed by atoms with E-state index in [-0.39, 0.29) is 0 Å². The SMILES string of the molecule is CCOc1cc2nc(C)sc2cc1OCC. The number of ether oxygens (including phenoxy) is 2. The third kappa shape index (κ3) is 2.11. The van der Waals surface area contributed by atoms with Crippen LogP contribution in [0.3, 0.4) is 0 Å². The van der Waals surface area contributed by atoms with E-state index in [1.54, 1.807) is 11.3 Å². The Labute approximate surface area is 99.0 Å². The number of rotatable bonds is 4.